The Balaban J connectivity index is 2.83. The van der Waals surface area contributed by atoms with Gasteiger partial charge in [0, 0.05) is 6.20 Å². The third kappa shape index (κ3) is 2.41. The first kappa shape index (κ1) is 8.83. The van der Waals surface area contributed by atoms with Crippen LogP contribution in [0.1, 0.15) is 5.69 Å². The normalized spacial score (nSPS) is 11.3. The van der Waals surface area contributed by atoms with E-state index in [2.05, 4.69) is 9.72 Å². The average Bonchev–Trinajstić information content (AvgIpc) is 1.91. The summed E-state index contributed by atoms with van der Waals surface area (Å²) in [5, 5.41) is 0. The smallest absolute Gasteiger partial charge is 0.404 e. The van der Waals surface area contributed by atoms with E-state index in [0.29, 0.717) is 0 Å². The first-order valence-electron chi connectivity index (χ1n) is 3.16. The molecule has 0 fully saturated rings. The van der Waals surface area contributed by atoms with Crippen LogP contribution in [0.2, 0.25) is 0 Å². The van der Waals surface area contributed by atoms with E-state index in [4.69, 9.17) is 0 Å². The minimum atomic E-state index is -4.65. The molecule has 0 aliphatic rings. The largest absolute Gasteiger partial charge is 0.573 e. The first-order chi connectivity index (χ1) is 5.49. The van der Waals surface area contributed by atoms with Gasteiger partial charge in [0.25, 0.3) is 0 Å². The maximum Gasteiger partial charge on any atom is 0.573 e. The number of ether oxygens (including phenoxy) is 1. The molecule has 66 valence electrons. The lowest BCUT2D eigenvalue weighted by Gasteiger charge is -2.09. The van der Waals surface area contributed by atoms with Gasteiger partial charge < -0.3 is 4.74 Å². The number of hydrogen-bond donors (Lipinski definition) is 0. The standard InChI is InChI=1S/C7H6F3NO/c1-5-6(3-2-4-11-5)12-7(8,9)10/h2-4H,1H3. The maximum atomic E-state index is 11.7. The zero-order valence-electron chi connectivity index (χ0n) is 6.22. The van der Waals surface area contributed by atoms with Crippen molar-refractivity contribution in [3.05, 3.63) is 24.0 Å². The summed E-state index contributed by atoms with van der Waals surface area (Å²) in [4.78, 5) is 3.64. The number of aryl methyl sites for hydroxylation is 1. The van der Waals surface area contributed by atoms with Crippen LogP contribution in [0.3, 0.4) is 0 Å². The Morgan fingerprint density at radius 2 is 2.08 bits per heavy atom. The molecule has 0 saturated heterocycles. The number of rotatable bonds is 1. The Morgan fingerprint density at radius 3 is 2.58 bits per heavy atom. The molecule has 1 rings (SSSR count). The molecule has 2 nitrogen and oxygen atoms in total. The highest BCUT2D eigenvalue weighted by Crippen LogP contribution is 2.23. The Labute approximate surface area is 67.0 Å². The minimum Gasteiger partial charge on any atom is -0.404 e. The molecule has 0 aliphatic heterocycles. The molecule has 0 radical (unpaired) electrons. The van der Waals surface area contributed by atoms with E-state index >= 15 is 0 Å². The van der Waals surface area contributed by atoms with Crippen molar-refractivity contribution in [2.75, 3.05) is 0 Å². The summed E-state index contributed by atoms with van der Waals surface area (Å²) >= 11 is 0. The Bertz CT molecular complexity index is 272. The van der Waals surface area contributed by atoms with Gasteiger partial charge in [-0.05, 0) is 19.1 Å². The van der Waals surface area contributed by atoms with E-state index in [1.54, 1.807) is 0 Å². The molecule has 0 unspecified atom stereocenters. The highest BCUT2D eigenvalue weighted by atomic mass is 19.4. The maximum absolute atomic E-state index is 11.7. The third-order valence-electron chi connectivity index (χ3n) is 1.18. The Hall–Kier alpha value is -1.26. The molecule has 0 atom stereocenters. The second-order valence-corrected chi connectivity index (χ2v) is 2.13. The van der Waals surface area contributed by atoms with Gasteiger partial charge in [0.2, 0.25) is 0 Å². The highest BCUT2D eigenvalue weighted by Gasteiger charge is 2.31. The summed E-state index contributed by atoms with van der Waals surface area (Å²) in [5.74, 6) is -0.259. The van der Waals surface area contributed by atoms with Gasteiger partial charge in [0.15, 0.2) is 5.75 Å². The molecule has 0 aliphatic carbocycles. The molecule has 1 aromatic rings. The van der Waals surface area contributed by atoms with Crippen molar-refractivity contribution in [1.29, 1.82) is 0 Å². The lowest BCUT2D eigenvalue weighted by atomic mass is 10.3. The summed E-state index contributed by atoms with van der Waals surface area (Å²) in [7, 11) is 0. The molecule has 1 aromatic heterocycles. The van der Waals surface area contributed by atoms with Crippen molar-refractivity contribution < 1.29 is 17.9 Å². The van der Waals surface area contributed by atoms with E-state index in [9.17, 15) is 13.2 Å². The molecule has 1 heterocycles. The van der Waals surface area contributed by atoms with Gasteiger partial charge in [-0.2, -0.15) is 0 Å². The van der Waals surface area contributed by atoms with Gasteiger partial charge >= 0.3 is 6.36 Å². The molecular formula is C7H6F3NO. The molecule has 0 bridgehead atoms. The second-order valence-electron chi connectivity index (χ2n) is 2.13. The molecule has 12 heavy (non-hydrogen) atoms. The zero-order valence-corrected chi connectivity index (χ0v) is 6.22. The van der Waals surface area contributed by atoms with Gasteiger partial charge in [-0.15, -0.1) is 13.2 Å². The van der Waals surface area contributed by atoms with Crippen LogP contribution >= 0.6 is 0 Å². The van der Waals surface area contributed by atoms with E-state index in [0.717, 1.165) is 0 Å². The van der Waals surface area contributed by atoms with E-state index in [1.807, 2.05) is 0 Å². The number of alkyl halides is 3. The summed E-state index contributed by atoms with van der Waals surface area (Å²) < 4.78 is 38.7. The number of aromatic nitrogens is 1. The topological polar surface area (TPSA) is 22.1 Å². The fraction of sp³-hybridized carbons (Fsp3) is 0.286. The van der Waals surface area contributed by atoms with Crippen LogP contribution in [0, 0.1) is 6.92 Å². The summed E-state index contributed by atoms with van der Waals surface area (Å²) in [5.41, 5.74) is 0.217. The minimum absolute atomic E-state index is 0.217. The van der Waals surface area contributed by atoms with Crippen LogP contribution in [-0.2, 0) is 0 Å². The van der Waals surface area contributed by atoms with Crippen molar-refractivity contribution >= 4 is 0 Å². The first-order valence-corrected chi connectivity index (χ1v) is 3.16. The third-order valence-corrected chi connectivity index (χ3v) is 1.18. The lowest BCUT2D eigenvalue weighted by Crippen LogP contribution is -2.17. The van der Waals surface area contributed by atoms with E-state index in [1.165, 1.54) is 25.3 Å². The summed E-state index contributed by atoms with van der Waals surface area (Å²) in [6.07, 6.45) is -3.24. The van der Waals surface area contributed by atoms with Gasteiger partial charge in [-0.25, -0.2) is 0 Å². The Morgan fingerprint density at radius 1 is 1.42 bits per heavy atom. The molecule has 5 heteroatoms. The predicted octanol–water partition coefficient (Wildman–Crippen LogP) is 2.29. The van der Waals surface area contributed by atoms with Crippen molar-refractivity contribution in [3.8, 4) is 5.75 Å². The van der Waals surface area contributed by atoms with Crippen molar-refractivity contribution in [1.82, 2.24) is 4.98 Å². The van der Waals surface area contributed by atoms with E-state index < -0.39 is 6.36 Å². The SMILES string of the molecule is Cc1ncccc1OC(F)(F)F. The summed E-state index contributed by atoms with van der Waals surface area (Å²) in [6.45, 7) is 1.45. The summed E-state index contributed by atoms with van der Waals surface area (Å²) in [6, 6.07) is 2.60. The highest BCUT2D eigenvalue weighted by molar-refractivity contribution is 5.25. The van der Waals surface area contributed by atoms with Crippen LogP contribution in [0.4, 0.5) is 13.2 Å². The lowest BCUT2D eigenvalue weighted by molar-refractivity contribution is -0.275. The zero-order chi connectivity index (χ0) is 9.19. The Kier molecular flexibility index (Phi) is 2.21. The second kappa shape index (κ2) is 3.00. The van der Waals surface area contributed by atoms with Crippen molar-refractivity contribution in [2.45, 2.75) is 13.3 Å². The van der Waals surface area contributed by atoms with Crippen LogP contribution < -0.4 is 4.74 Å². The number of nitrogens with zero attached hydrogens (tertiary/aromatic N) is 1. The number of halogens is 3. The molecule has 0 amide bonds. The monoisotopic (exact) mass is 177 g/mol. The van der Waals surface area contributed by atoms with Gasteiger partial charge in [0.05, 0.1) is 5.69 Å². The molecular weight excluding hydrogens is 171 g/mol. The molecule has 0 saturated carbocycles. The van der Waals surface area contributed by atoms with Crippen molar-refractivity contribution in [2.24, 2.45) is 0 Å². The average molecular weight is 177 g/mol. The number of pyridine rings is 1. The van der Waals surface area contributed by atoms with Crippen molar-refractivity contribution in [3.63, 3.8) is 0 Å². The van der Waals surface area contributed by atoms with Crippen LogP contribution in [0.15, 0.2) is 18.3 Å². The van der Waals surface area contributed by atoms with E-state index in [-0.39, 0.29) is 11.4 Å². The molecule has 0 aromatic carbocycles. The fourth-order valence-corrected chi connectivity index (χ4v) is 0.702. The molecule has 0 spiro atoms. The van der Waals surface area contributed by atoms with Gasteiger partial charge in [-0.3, -0.25) is 4.98 Å². The number of hydrogen-bond acceptors (Lipinski definition) is 2. The van der Waals surface area contributed by atoms with Crippen LogP contribution in [0.25, 0.3) is 0 Å². The molecule has 0 N–H and O–H groups in total. The van der Waals surface area contributed by atoms with Gasteiger partial charge in [-0.1, -0.05) is 0 Å². The fourth-order valence-electron chi connectivity index (χ4n) is 0.702. The predicted molar refractivity (Wildman–Crippen MR) is 35.7 cm³/mol. The quantitative estimate of drug-likeness (QED) is 0.656. The van der Waals surface area contributed by atoms with Crippen LogP contribution in [0.5, 0.6) is 5.75 Å². The van der Waals surface area contributed by atoms with Crippen LogP contribution in [-0.4, -0.2) is 11.3 Å². The van der Waals surface area contributed by atoms with Gasteiger partial charge in [0.1, 0.15) is 0 Å².